The van der Waals surface area contributed by atoms with Gasteiger partial charge in [-0.25, -0.2) is 13.2 Å². The molecule has 3 rings (SSSR count). The van der Waals surface area contributed by atoms with Gasteiger partial charge in [0, 0.05) is 25.2 Å². The largest absolute Gasteiger partial charge is 0.496 e. The van der Waals surface area contributed by atoms with Crippen LogP contribution in [0.25, 0.3) is 0 Å². The zero-order valence-electron chi connectivity index (χ0n) is 13.8. The maximum atomic E-state index is 13.0. The van der Waals surface area contributed by atoms with E-state index in [1.165, 1.54) is 36.7 Å². The van der Waals surface area contributed by atoms with Gasteiger partial charge in [0.1, 0.15) is 11.3 Å². The molecule has 2 fully saturated rings. The van der Waals surface area contributed by atoms with Crippen LogP contribution in [0.2, 0.25) is 0 Å². The fourth-order valence-electron chi connectivity index (χ4n) is 3.40. The van der Waals surface area contributed by atoms with E-state index in [-0.39, 0.29) is 22.3 Å². The molecule has 24 heavy (non-hydrogen) atoms. The average Bonchev–Trinajstić information content (AvgIpc) is 2.91. The van der Waals surface area contributed by atoms with Crippen LogP contribution in [0.5, 0.6) is 5.75 Å². The second-order valence-corrected chi connectivity index (χ2v) is 8.08. The Hall–Kier alpha value is -1.64. The van der Waals surface area contributed by atoms with Gasteiger partial charge in [-0.2, -0.15) is 4.31 Å². The van der Waals surface area contributed by atoms with Crippen LogP contribution in [0.15, 0.2) is 23.1 Å². The van der Waals surface area contributed by atoms with E-state index in [2.05, 4.69) is 5.32 Å². The summed E-state index contributed by atoms with van der Waals surface area (Å²) in [4.78, 5) is 12.0. The smallest absolute Gasteiger partial charge is 0.341 e. The van der Waals surface area contributed by atoms with Gasteiger partial charge in [0.05, 0.1) is 19.1 Å². The van der Waals surface area contributed by atoms with Crippen LogP contribution in [0, 0.1) is 0 Å². The van der Waals surface area contributed by atoms with Gasteiger partial charge in [0.15, 0.2) is 0 Å². The molecule has 0 radical (unpaired) electrons. The Kier molecular flexibility index (Phi) is 4.80. The summed E-state index contributed by atoms with van der Waals surface area (Å²) in [6.45, 7) is 0.939. The lowest BCUT2D eigenvalue weighted by Gasteiger charge is -2.24. The van der Waals surface area contributed by atoms with Gasteiger partial charge in [0.25, 0.3) is 0 Å². The van der Waals surface area contributed by atoms with E-state index in [0.29, 0.717) is 19.1 Å². The number of methoxy groups -OCH3 is 2. The molecule has 1 N–H and O–H groups in total. The van der Waals surface area contributed by atoms with Crippen molar-refractivity contribution >= 4 is 16.0 Å². The summed E-state index contributed by atoms with van der Waals surface area (Å²) in [6, 6.07) is 4.89. The van der Waals surface area contributed by atoms with Gasteiger partial charge >= 0.3 is 5.97 Å². The third kappa shape index (κ3) is 3.13. The second-order valence-electron chi connectivity index (χ2n) is 6.14. The predicted molar refractivity (Wildman–Crippen MR) is 87.7 cm³/mol. The number of ether oxygens (including phenoxy) is 2. The van der Waals surface area contributed by atoms with Crippen LogP contribution in [-0.2, 0) is 14.8 Å². The number of carbonyl (C=O) groups excluding carboxylic acids is 1. The van der Waals surface area contributed by atoms with Crippen LogP contribution in [0.3, 0.4) is 0 Å². The maximum absolute atomic E-state index is 13.0. The Labute approximate surface area is 142 Å². The molecule has 8 heteroatoms. The molecule has 0 aromatic heterocycles. The fraction of sp³-hybridized carbons (Fsp3) is 0.562. The Morgan fingerprint density at radius 3 is 2.67 bits per heavy atom. The van der Waals surface area contributed by atoms with Crippen LogP contribution >= 0.6 is 0 Å². The van der Waals surface area contributed by atoms with E-state index in [4.69, 9.17) is 9.47 Å². The Morgan fingerprint density at radius 2 is 1.96 bits per heavy atom. The molecule has 2 aliphatic rings. The highest BCUT2D eigenvalue weighted by Gasteiger charge is 2.35. The first-order chi connectivity index (χ1) is 11.5. The van der Waals surface area contributed by atoms with E-state index in [9.17, 15) is 13.2 Å². The molecule has 2 unspecified atom stereocenters. The summed E-state index contributed by atoms with van der Waals surface area (Å²) in [5.74, 6) is -0.335. The molecule has 7 nitrogen and oxygen atoms in total. The predicted octanol–water partition coefficient (Wildman–Crippen LogP) is 0.997. The first-order valence-electron chi connectivity index (χ1n) is 7.98. The van der Waals surface area contributed by atoms with Gasteiger partial charge in [-0.15, -0.1) is 0 Å². The van der Waals surface area contributed by atoms with Crippen molar-refractivity contribution in [2.45, 2.75) is 36.2 Å². The van der Waals surface area contributed by atoms with E-state index in [1.54, 1.807) is 0 Å². The minimum absolute atomic E-state index is 0.0847. The molecule has 2 heterocycles. The molecule has 2 atom stereocenters. The zero-order valence-corrected chi connectivity index (χ0v) is 14.6. The highest BCUT2D eigenvalue weighted by Crippen LogP contribution is 2.28. The van der Waals surface area contributed by atoms with Crippen molar-refractivity contribution in [3.8, 4) is 5.75 Å². The van der Waals surface area contributed by atoms with Crippen LogP contribution in [-0.4, -0.2) is 58.1 Å². The zero-order chi connectivity index (χ0) is 17.3. The summed E-state index contributed by atoms with van der Waals surface area (Å²) in [7, 11) is -0.993. The van der Waals surface area contributed by atoms with Crippen LogP contribution in [0.1, 0.15) is 29.6 Å². The van der Waals surface area contributed by atoms with Crippen molar-refractivity contribution in [1.29, 1.82) is 0 Å². The number of sulfonamides is 1. The van der Waals surface area contributed by atoms with Gasteiger partial charge in [-0.3, -0.25) is 0 Å². The Morgan fingerprint density at radius 1 is 1.21 bits per heavy atom. The molecule has 2 aliphatic heterocycles. The number of nitrogens with zero attached hydrogens (tertiary/aromatic N) is 1. The molecule has 132 valence electrons. The second kappa shape index (κ2) is 6.70. The summed E-state index contributed by atoms with van der Waals surface area (Å²) >= 11 is 0. The lowest BCUT2D eigenvalue weighted by atomic mass is 10.1. The highest BCUT2D eigenvalue weighted by molar-refractivity contribution is 7.89. The molecule has 0 aliphatic carbocycles. The van der Waals surface area contributed by atoms with Crippen LogP contribution < -0.4 is 10.1 Å². The molecule has 0 amide bonds. The van der Waals surface area contributed by atoms with Crippen molar-refractivity contribution in [2.75, 3.05) is 27.3 Å². The third-order valence-electron chi connectivity index (χ3n) is 4.70. The maximum Gasteiger partial charge on any atom is 0.341 e. The van der Waals surface area contributed by atoms with Crippen LogP contribution in [0.4, 0.5) is 0 Å². The van der Waals surface area contributed by atoms with E-state index in [1.807, 2.05) is 0 Å². The van der Waals surface area contributed by atoms with E-state index >= 15 is 0 Å². The first-order valence-corrected chi connectivity index (χ1v) is 9.42. The molecule has 2 saturated heterocycles. The number of fused-ring (bicyclic) bond motifs is 2. The standard InChI is InChI=1S/C16H22N2O5S/c1-22-15-6-5-13(9-14(15)16(19)23-2)24(20,21)18-8-7-11-3-4-12(10-18)17-11/h5-6,9,11-12,17H,3-4,7-8,10H2,1-2H3. The Bertz CT molecular complexity index is 734. The molecule has 1 aromatic rings. The van der Waals surface area contributed by atoms with Crippen molar-refractivity contribution in [1.82, 2.24) is 9.62 Å². The van der Waals surface area contributed by atoms with E-state index < -0.39 is 16.0 Å². The summed E-state index contributed by atoms with van der Waals surface area (Å²) in [5, 5.41) is 3.46. The Balaban J connectivity index is 1.93. The topological polar surface area (TPSA) is 84.9 Å². The minimum atomic E-state index is -3.67. The van der Waals surface area contributed by atoms with Gasteiger partial charge in [0.2, 0.25) is 10.0 Å². The molecular formula is C16H22N2O5S. The van der Waals surface area contributed by atoms with Gasteiger partial charge < -0.3 is 14.8 Å². The quantitative estimate of drug-likeness (QED) is 0.812. The van der Waals surface area contributed by atoms with Gasteiger partial charge in [-0.05, 0) is 37.5 Å². The molecular weight excluding hydrogens is 332 g/mol. The number of carbonyl (C=O) groups is 1. The molecule has 1 aromatic carbocycles. The minimum Gasteiger partial charge on any atom is -0.496 e. The number of esters is 1. The monoisotopic (exact) mass is 354 g/mol. The number of rotatable bonds is 4. The van der Waals surface area contributed by atoms with Crippen molar-refractivity contribution in [2.24, 2.45) is 0 Å². The number of benzene rings is 1. The first kappa shape index (κ1) is 17.2. The van der Waals surface area contributed by atoms with Gasteiger partial charge in [-0.1, -0.05) is 0 Å². The van der Waals surface area contributed by atoms with Crippen molar-refractivity contribution < 1.29 is 22.7 Å². The summed E-state index contributed by atoms with van der Waals surface area (Å²) in [6.07, 6.45) is 2.90. The van der Waals surface area contributed by atoms with Crippen molar-refractivity contribution in [3.63, 3.8) is 0 Å². The molecule has 2 bridgehead atoms. The number of hydrogen-bond donors (Lipinski definition) is 1. The highest BCUT2D eigenvalue weighted by atomic mass is 32.2. The number of hydrogen-bond acceptors (Lipinski definition) is 6. The number of nitrogens with one attached hydrogen (secondary N) is 1. The average molecular weight is 354 g/mol. The van der Waals surface area contributed by atoms with E-state index in [0.717, 1.165) is 19.3 Å². The van der Waals surface area contributed by atoms with Crippen molar-refractivity contribution in [3.05, 3.63) is 23.8 Å². The molecule has 0 saturated carbocycles. The SMILES string of the molecule is COC(=O)c1cc(S(=O)(=O)N2CCC3CCC(C2)N3)ccc1OC. The lowest BCUT2D eigenvalue weighted by molar-refractivity contribution is 0.0597. The summed E-state index contributed by atoms with van der Waals surface area (Å²) in [5.41, 5.74) is 0.107. The lowest BCUT2D eigenvalue weighted by Crippen LogP contribution is -2.39. The molecule has 0 spiro atoms. The summed E-state index contributed by atoms with van der Waals surface area (Å²) < 4.78 is 37.3. The fourth-order valence-corrected chi connectivity index (χ4v) is 4.92. The third-order valence-corrected chi connectivity index (χ3v) is 6.56. The normalized spacial score (nSPS) is 24.4.